The maximum atomic E-state index is 2.65. The standard InChI is InChI=1S/C40H23BN2S/c1-2-9-25-20-29(17-16-24(25)8-1)42-36-23-27-11-4-3-10-26(27)22-34(36)41-37-33(21-28-18-19-44-40(28)39(37)42)32-14-7-13-31-30-12-5-6-15-35(30)43(41)38(31)32/h1-23H. The SMILES string of the molecule is c1ccc2cc(N3c4cc5ccccc5cc4B4c5c(cc6ccsc6c53)-c3cccc5c6ccccc6n4c35)ccc2c1. The zero-order chi connectivity index (χ0) is 28.5. The third-order valence-corrected chi connectivity index (χ3v) is 10.9. The molecule has 0 fully saturated rings. The van der Waals surface area contributed by atoms with Gasteiger partial charge in [-0.3, -0.25) is 0 Å². The van der Waals surface area contributed by atoms with Gasteiger partial charge in [0.15, 0.2) is 0 Å². The van der Waals surface area contributed by atoms with Gasteiger partial charge in [-0.15, -0.1) is 11.3 Å². The van der Waals surface area contributed by atoms with Gasteiger partial charge in [0.25, 0.3) is 0 Å². The highest BCUT2D eigenvalue weighted by Crippen LogP contribution is 2.49. The van der Waals surface area contributed by atoms with Crippen LogP contribution in [0.1, 0.15) is 0 Å². The first-order valence-electron chi connectivity index (χ1n) is 15.2. The summed E-state index contributed by atoms with van der Waals surface area (Å²) >= 11 is 1.86. The van der Waals surface area contributed by atoms with Gasteiger partial charge >= 0.3 is 6.85 Å². The van der Waals surface area contributed by atoms with Gasteiger partial charge in [0.05, 0.1) is 10.4 Å². The average Bonchev–Trinajstić information content (AvgIpc) is 3.69. The average molecular weight is 575 g/mol. The van der Waals surface area contributed by atoms with Crippen molar-refractivity contribution in [1.82, 2.24) is 4.48 Å². The normalized spacial score (nSPS) is 13.4. The van der Waals surface area contributed by atoms with Crippen LogP contribution in [0.3, 0.4) is 0 Å². The molecule has 0 spiro atoms. The van der Waals surface area contributed by atoms with Crippen molar-refractivity contribution < 1.29 is 0 Å². The Hall–Kier alpha value is -5.32. The quantitative estimate of drug-likeness (QED) is 0.177. The molecule has 0 atom stereocenters. The Labute approximate surface area is 258 Å². The number of hydrogen-bond donors (Lipinski definition) is 0. The summed E-state index contributed by atoms with van der Waals surface area (Å²) in [7, 11) is 0. The molecule has 0 unspecified atom stereocenters. The van der Waals surface area contributed by atoms with Gasteiger partial charge < -0.3 is 9.38 Å². The maximum Gasteiger partial charge on any atom is 0.333 e. The molecule has 0 saturated carbocycles. The summed E-state index contributed by atoms with van der Waals surface area (Å²) in [5.41, 5.74) is 11.8. The minimum absolute atomic E-state index is 0.0557. The lowest BCUT2D eigenvalue weighted by Gasteiger charge is -2.41. The van der Waals surface area contributed by atoms with Crippen molar-refractivity contribution in [2.75, 3.05) is 4.90 Å². The van der Waals surface area contributed by atoms with Crippen LogP contribution < -0.4 is 15.8 Å². The van der Waals surface area contributed by atoms with Crippen molar-refractivity contribution in [2.24, 2.45) is 0 Å². The minimum atomic E-state index is 0.0557. The Morgan fingerprint density at radius 2 is 1.30 bits per heavy atom. The molecule has 0 amide bonds. The highest BCUT2D eigenvalue weighted by Gasteiger charge is 2.43. The first-order valence-corrected chi connectivity index (χ1v) is 16.1. The number of rotatable bonds is 1. The third kappa shape index (κ3) is 2.82. The molecule has 2 aliphatic rings. The van der Waals surface area contributed by atoms with Crippen molar-refractivity contribution in [3.63, 3.8) is 0 Å². The Bertz CT molecular complexity index is 2700. The van der Waals surface area contributed by atoms with Gasteiger partial charge in [-0.05, 0) is 85.2 Å². The number of benzene rings is 7. The molecule has 7 aromatic carbocycles. The smallest absolute Gasteiger partial charge is 0.333 e. The van der Waals surface area contributed by atoms with E-state index in [9.17, 15) is 0 Å². The molecule has 0 radical (unpaired) electrons. The van der Waals surface area contributed by atoms with Crippen molar-refractivity contribution in [3.05, 3.63) is 139 Å². The van der Waals surface area contributed by atoms with Gasteiger partial charge in [-0.1, -0.05) is 97.1 Å². The first kappa shape index (κ1) is 23.2. The molecule has 4 heterocycles. The fourth-order valence-electron chi connectivity index (χ4n) is 8.15. The van der Waals surface area contributed by atoms with Crippen LogP contribution >= 0.6 is 11.3 Å². The van der Waals surface area contributed by atoms with E-state index < -0.39 is 0 Å². The van der Waals surface area contributed by atoms with Crippen LogP contribution in [0.15, 0.2) is 139 Å². The fourth-order valence-corrected chi connectivity index (χ4v) is 9.08. The molecule has 2 aliphatic heterocycles. The molecule has 9 aromatic rings. The van der Waals surface area contributed by atoms with Crippen LogP contribution in [-0.2, 0) is 0 Å². The molecule has 4 heteroatoms. The van der Waals surface area contributed by atoms with Crippen LogP contribution in [0.4, 0.5) is 17.1 Å². The van der Waals surface area contributed by atoms with Gasteiger partial charge in [0, 0.05) is 38.7 Å². The first-order chi connectivity index (χ1) is 21.8. The second-order valence-corrected chi connectivity index (χ2v) is 13.1. The summed E-state index contributed by atoms with van der Waals surface area (Å²) in [6.07, 6.45) is 0. The van der Waals surface area contributed by atoms with E-state index in [4.69, 9.17) is 0 Å². The molecule has 0 aliphatic carbocycles. The zero-order valence-corrected chi connectivity index (χ0v) is 24.5. The minimum Gasteiger partial charge on any atom is -0.375 e. The van der Waals surface area contributed by atoms with Crippen molar-refractivity contribution in [2.45, 2.75) is 0 Å². The highest BCUT2D eigenvalue weighted by molar-refractivity contribution is 7.18. The zero-order valence-electron chi connectivity index (χ0n) is 23.7. The van der Waals surface area contributed by atoms with E-state index in [1.54, 1.807) is 0 Å². The lowest BCUT2D eigenvalue weighted by molar-refractivity contribution is 1.27. The van der Waals surface area contributed by atoms with E-state index in [0.717, 1.165) is 0 Å². The van der Waals surface area contributed by atoms with Crippen molar-refractivity contribution in [3.8, 4) is 11.1 Å². The summed E-state index contributed by atoms with van der Waals surface area (Å²) in [4.78, 5) is 2.57. The Morgan fingerprint density at radius 1 is 0.545 bits per heavy atom. The van der Waals surface area contributed by atoms with E-state index >= 15 is 0 Å². The Balaban J connectivity index is 1.37. The van der Waals surface area contributed by atoms with E-state index in [2.05, 4.69) is 148 Å². The van der Waals surface area contributed by atoms with Crippen LogP contribution in [-0.4, -0.2) is 11.3 Å². The van der Waals surface area contributed by atoms with Gasteiger partial charge in [0.2, 0.25) is 0 Å². The predicted molar refractivity (Wildman–Crippen MR) is 190 cm³/mol. The third-order valence-electron chi connectivity index (χ3n) is 9.95. The van der Waals surface area contributed by atoms with Crippen LogP contribution in [0.2, 0.25) is 0 Å². The number of thiophene rings is 1. The van der Waals surface area contributed by atoms with E-state index in [-0.39, 0.29) is 6.85 Å². The lowest BCUT2D eigenvalue weighted by atomic mass is 9.45. The monoisotopic (exact) mass is 574 g/mol. The number of nitrogens with zero attached hydrogens (tertiary/aromatic N) is 2. The summed E-state index contributed by atoms with van der Waals surface area (Å²) in [5.74, 6) is 0. The summed E-state index contributed by atoms with van der Waals surface area (Å²) in [5, 5.41) is 11.3. The molecule has 2 aromatic heterocycles. The van der Waals surface area contributed by atoms with Gasteiger partial charge in [-0.25, -0.2) is 0 Å². The number of fused-ring (bicyclic) bond motifs is 11. The van der Waals surface area contributed by atoms with Crippen LogP contribution in [0, 0.1) is 0 Å². The predicted octanol–water partition coefficient (Wildman–Crippen LogP) is 9.73. The summed E-state index contributed by atoms with van der Waals surface area (Å²) < 4.78 is 3.99. The molecule has 0 N–H and O–H groups in total. The number of aromatic nitrogens is 1. The molecule has 11 rings (SSSR count). The van der Waals surface area contributed by atoms with Gasteiger partial charge in [-0.2, -0.15) is 0 Å². The van der Waals surface area contributed by atoms with Crippen LogP contribution in [0.25, 0.3) is 64.6 Å². The molecule has 202 valence electrons. The molecule has 0 saturated heterocycles. The van der Waals surface area contributed by atoms with E-state index in [0.29, 0.717) is 0 Å². The molecule has 0 bridgehead atoms. The van der Waals surface area contributed by atoms with E-state index in [1.807, 2.05) is 11.3 Å². The molecular weight excluding hydrogens is 551 g/mol. The topological polar surface area (TPSA) is 8.17 Å². The van der Waals surface area contributed by atoms with Crippen molar-refractivity contribution >= 4 is 99.6 Å². The Morgan fingerprint density at radius 3 is 2.18 bits per heavy atom. The summed E-state index contributed by atoms with van der Waals surface area (Å²) in [6.45, 7) is 0.0557. The molecule has 2 nitrogen and oxygen atoms in total. The lowest BCUT2D eigenvalue weighted by Crippen LogP contribution is -2.56. The fraction of sp³-hybridized carbons (Fsp3) is 0. The second kappa shape index (κ2) is 8.19. The molecular formula is C40H23BN2S. The largest absolute Gasteiger partial charge is 0.375 e. The van der Waals surface area contributed by atoms with Crippen molar-refractivity contribution in [1.29, 1.82) is 0 Å². The van der Waals surface area contributed by atoms with Gasteiger partial charge in [0.1, 0.15) is 0 Å². The Kier molecular flexibility index (Phi) is 4.32. The van der Waals surface area contributed by atoms with Crippen LogP contribution in [0.5, 0.6) is 0 Å². The van der Waals surface area contributed by atoms with E-state index in [1.165, 1.54) is 92.6 Å². The number of hydrogen-bond acceptors (Lipinski definition) is 2. The second-order valence-electron chi connectivity index (χ2n) is 12.1. The highest BCUT2D eigenvalue weighted by atomic mass is 32.1. The molecule has 44 heavy (non-hydrogen) atoms. The number of anilines is 3. The number of para-hydroxylation sites is 2. The maximum absolute atomic E-state index is 2.65. The summed E-state index contributed by atoms with van der Waals surface area (Å²) in [6, 6.07) is 49.9.